The molecule has 0 aliphatic heterocycles. The fraction of sp³-hybridized carbons (Fsp3) is 0.250. The summed E-state index contributed by atoms with van der Waals surface area (Å²) in [6.07, 6.45) is 2.11. The number of halogens is 2. The highest BCUT2D eigenvalue weighted by Crippen LogP contribution is 2.40. The van der Waals surface area contributed by atoms with Gasteiger partial charge in [0.2, 0.25) is 5.13 Å². The van der Waals surface area contributed by atoms with E-state index in [2.05, 4.69) is 20.7 Å². The number of benzene rings is 1. The quantitative estimate of drug-likeness (QED) is 0.498. The second kappa shape index (κ2) is 7.12. The Morgan fingerprint density at radius 1 is 1.31 bits per heavy atom. The monoisotopic (exact) mass is 394 g/mol. The number of carbonyl (C=O) groups is 1. The molecule has 10 heteroatoms. The summed E-state index contributed by atoms with van der Waals surface area (Å²) >= 11 is 2.35. The Kier molecular flexibility index (Phi) is 4.68. The lowest BCUT2D eigenvalue weighted by molar-refractivity contribution is 0.101. The summed E-state index contributed by atoms with van der Waals surface area (Å²) in [7, 11) is 0. The zero-order valence-electron chi connectivity index (χ0n) is 13.2. The number of thioether (sulfide) groups is 1. The van der Waals surface area contributed by atoms with Crippen LogP contribution in [0.2, 0.25) is 0 Å². The van der Waals surface area contributed by atoms with E-state index < -0.39 is 17.5 Å². The van der Waals surface area contributed by atoms with Gasteiger partial charge in [-0.05, 0) is 31.0 Å². The first-order valence-electron chi connectivity index (χ1n) is 7.76. The largest absolute Gasteiger partial charge is 0.360 e. The molecule has 6 nitrogen and oxygen atoms in total. The van der Waals surface area contributed by atoms with Gasteiger partial charge in [-0.2, -0.15) is 0 Å². The first kappa shape index (κ1) is 17.1. The van der Waals surface area contributed by atoms with Crippen LogP contribution in [0, 0.1) is 11.6 Å². The van der Waals surface area contributed by atoms with Crippen LogP contribution in [-0.4, -0.2) is 21.3 Å². The Morgan fingerprint density at radius 3 is 2.96 bits per heavy atom. The molecule has 1 aromatic carbocycles. The van der Waals surface area contributed by atoms with E-state index in [1.165, 1.54) is 11.8 Å². The van der Waals surface area contributed by atoms with Crippen molar-refractivity contribution in [2.45, 2.75) is 28.9 Å². The summed E-state index contributed by atoms with van der Waals surface area (Å²) in [6.45, 7) is 0. The predicted molar refractivity (Wildman–Crippen MR) is 92.3 cm³/mol. The third kappa shape index (κ3) is 3.91. The lowest BCUT2D eigenvalue weighted by atomic mass is 10.2. The molecule has 2 heterocycles. The number of hydrogen-bond acceptors (Lipinski definition) is 7. The van der Waals surface area contributed by atoms with Crippen LogP contribution in [-0.2, 0) is 5.75 Å². The SMILES string of the molecule is O=C(Nc1nnc(SCc2cc(F)ccc2F)s1)c1cc(C2CC2)on1. The van der Waals surface area contributed by atoms with Gasteiger partial charge in [-0.3, -0.25) is 10.1 Å². The molecule has 0 unspecified atom stereocenters. The minimum absolute atomic E-state index is 0.193. The van der Waals surface area contributed by atoms with Crippen molar-refractivity contribution < 1.29 is 18.1 Å². The molecule has 0 atom stereocenters. The minimum atomic E-state index is -0.495. The summed E-state index contributed by atoms with van der Waals surface area (Å²) in [5, 5.41) is 14.5. The van der Waals surface area contributed by atoms with Gasteiger partial charge in [0.1, 0.15) is 17.4 Å². The topological polar surface area (TPSA) is 80.9 Å². The number of amides is 1. The van der Waals surface area contributed by atoms with Crippen molar-refractivity contribution in [3.8, 4) is 0 Å². The first-order chi connectivity index (χ1) is 12.6. The van der Waals surface area contributed by atoms with E-state index in [1.54, 1.807) is 6.07 Å². The van der Waals surface area contributed by atoms with E-state index in [0.29, 0.717) is 15.4 Å². The number of nitrogens with one attached hydrogen (secondary N) is 1. The van der Waals surface area contributed by atoms with Crippen molar-refractivity contribution in [1.82, 2.24) is 15.4 Å². The Balaban J connectivity index is 1.36. The van der Waals surface area contributed by atoms with Crippen LogP contribution in [0.1, 0.15) is 40.6 Å². The first-order valence-corrected chi connectivity index (χ1v) is 9.57. The van der Waals surface area contributed by atoms with Crippen molar-refractivity contribution in [3.05, 3.63) is 52.9 Å². The van der Waals surface area contributed by atoms with Gasteiger partial charge in [-0.1, -0.05) is 28.3 Å². The van der Waals surface area contributed by atoms with Crippen LogP contribution in [0.5, 0.6) is 0 Å². The highest BCUT2D eigenvalue weighted by molar-refractivity contribution is 8.00. The summed E-state index contributed by atoms with van der Waals surface area (Å²) in [5.74, 6) is -0.0952. The Labute approximate surface area is 155 Å². The predicted octanol–water partition coefficient (Wildman–Crippen LogP) is 4.23. The van der Waals surface area contributed by atoms with Gasteiger partial charge < -0.3 is 4.52 Å². The summed E-state index contributed by atoms with van der Waals surface area (Å²) in [4.78, 5) is 12.1. The maximum absolute atomic E-state index is 13.6. The number of rotatable bonds is 6. The van der Waals surface area contributed by atoms with Crippen molar-refractivity contribution in [2.75, 3.05) is 5.32 Å². The lowest BCUT2D eigenvalue weighted by Gasteiger charge is -2.00. The molecule has 3 aromatic rings. The highest BCUT2D eigenvalue weighted by atomic mass is 32.2. The summed E-state index contributed by atoms with van der Waals surface area (Å²) < 4.78 is 32.5. The van der Waals surface area contributed by atoms with Crippen molar-refractivity contribution in [2.24, 2.45) is 0 Å². The van der Waals surface area contributed by atoms with E-state index >= 15 is 0 Å². The number of aromatic nitrogens is 3. The van der Waals surface area contributed by atoms with Crippen LogP contribution in [0.15, 0.2) is 33.1 Å². The van der Waals surface area contributed by atoms with Crippen LogP contribution >= 0.6 is 23.1 Å². The molecule has 1 aliphatic rings. The van der Waals surface area contributed by atoms with Crippen molar-refractivity contribution in [3.63, 3.8) is 0 Å². The molecule has 0 bridgehead atoms. The summed E-state index contributed by atoms with van der Waals surface area (Å²) in [6, 6.07) is 4.94. The van der Waals surface area contributed by atoms with Gasteiger partial charge in [0.05, 0.1) is 0 Å². The van der Waals surface area contributed by atoms with Gasteiger partial charge in [0, 0.05) is 23.3 Å². The minimum Gasteiger partial charge on any atom is -0.360 e. The fourth-order valence-electron chi connectivity index (χ4n) is 2.23. The van der Waals surface area contributed by atoms with Crippen LogP contribution in [0.3, 0.4) is 0 Å². The van der Waals surface area contributed by atoms with Gasteiger partial charge in [0.15, 0.2) is 10.0 Å². The second-order valence-electron chi connectivity index (χ2n) is 5.74. The second-order valence-corrected chi connectivity index (χ2v) is 7.94. The van der Waals surface area contributed by atoms with E-state index in [4.69, 9.17) is 4.52 Å². The molecule has 1 saturated carbocycles. The standard InChI is InChI=1S/C16H12F2N4O2S2/c17-10-3-4-11(18)9(5-10)7-25-16-21-20-15(26-16)19-14(23)12-6-13(24-22-12)8-1-2-8/h3-6,8H,1-2,7H2,(H,19,20,23). The van der Waals surface area contributed by atoms with E-state index in [-0.39, 0.29) is 17.0 Å². The molecule has 134 valence electrons. The Bertz CT molecular complexity index is 955. The van der Waals surface area contributed by atoms with E-state index in [0.717, 1.165) is 48.1 Å². The molecule has 0 spiro atoms. The molecule has 0 saturated heterocycles. The molecule has 1 fully saturated rings. The molecule has 1 aliphatic carbocycles. The zero-order valence-corrected chi connectivity index (χ0v) is 14.9. The van der Waals surface area contributed by atoms with Gasteiger partial charge in [-0.25, -0.2) is 8.78 Å². The third-order valence-electron chi connectivity index (χ3n) is 3.73. The molecule has 1 amide bonds. The lowest BCUT2D eigenvalue weighted by Crippen LogP contribution is -2.11. The van der Waals surface area contributed by atoms with Crippen LogP contribution in [0.4, 0.5) is 13.9 Å². The van der Waals surface area contributed by atoms with Crippen LogP contribution in [0.25, 0.3) is 0 Å². The average molecular weight is 394 g/mol. The Hall–Kier alpha value is -2.33. The maximum atomic E-state index is 13.6. The molecule has 0 radical (unpaired) electrons. The summed E-state index contributed by atoms with van der Waals surface area (Å²) in [5.41, 5.74) is 0.434. The van der Waals surface area contributed by atoms with Crippen LogP contribution < -0.4 is 5.32 Å². The molecule has 4 rings (SSSR count). The smallest absolute Gasteiger partial charge is 0.279 e. The zero-order chi connectivity index (χ0) is 18.1. The number of nitrogens with zero attached hydrogens (tertiary/aromatic N) is 3. The number of hydrogen-bond donors (Lipinski definition) is 1. The number of carbonyl (C=O) groups excluding carboxylic acids is 1. The molecule has 26 heavy (non-hydrogen) atoms. The molecular weight excluding hydrogens is 382 g/mol. The highest BCUT2D eigenvalue weighted by Gasteiger charge is 2.29. The van der Waals surface area contributed by atoms with Crippen molar-refractivity contribution in [1.29, 1.82) is 0 Å². The van der Waals surface area contributed by atoms with E-state index in [1.807, 2.05) is 0 Å². The average Bonchev–Trinajstić information content (AvgIpc) is 3.17. The Morgan fingerprint density at radius 2 is 2.15 bits per heavy atom. The normalized spacial score (nSPS) is 13.8. The number of anilines is 1. The fourth-order valence-corrected chi connectivity index (χ4v) is 3.95. The molecule has 2 aromatic heterocycles. The maximum Gasteiger partial charge on any atom is 0.279 e. The van der Waals surface area contributed by atoms with Crippen molar-refractivity contribution >= 4 is 34.1 Å². The van der Waals surface area contributed by atoms with E-state index in [9.17, 15) is 13.6 Å². The molecule has 1 N–H and O–H groups in total. The van der Waals surface area contributed by atoms with Gasteiger partial charge in [0.25, 0.3) is 5.91 Å². The van der Waals surface area contributed by atoms with Gasteiger partial charge >= 0.3 is 0 Å². The third-order valence-corrected chi connectivity index (χ3v) is 5.75. The molecular formula is C16H12F2N4O2S2. The van der Waals surface area contributed by atoms with Gasteiger partial charge in [-0.15, -0.1) is 10.2 Å².